The monoisotopic (exact) mass is 229 g/mol. The Balaban J connectivity index is 2.49. The van der Waals surface area contributed by atoms with Crippen molar-refractivity contribution in [3.05, 3.63) is 0 Å². The molecule has 1 aliphatic heterocycles. The number of hydrogen-bond acceptors (Lipinski definition) is 4. The fourth-order valence-electron chi connectivity index (χ4n) is 1.83. The zero-order chi connectivity index (χ0) is 12.0. The summed E-state index contributed by atoms with van der Waals surface area (Å²) < 4.78 is 10.6. The Morgan fingerprint density at radius 2 is 2.31 bits per heavy atom. The summed E-state index contributed by atoms with van der Waals surface area (Å²) in [6, 6.07) is -0.301. The van der Waals surface area contributed by atoms with E-state index < -0.39 is 0 Å². The molecule has 0 bridgehead atoms. The van der Waals surface area contributed by atoms with Gasteiger partial charge in [-0.3, -0.25) is 4.79 Å². The average molecular weight is 229 g/mol. The second-order valence-corrected chi connectivity index (χ2v) is 4.58. The molecule has 16 heavy (non-hydrogen) atoms. The first-order valence-corrected chi connectivity index (χ1v) is 6.16. The van der Waals surface area contributed by atoms with Gasteiger partial charge in [0.2, 0.25) is 0 Å². The summed E-state index contributed by atoms with van der Waals surface area (Å²) in [6.07, 6.45) is 1.95. The van der Waals surface area contributed by atoms with Gasteiger partial charge in [-0.2, -0.15) is 0 Å². The molecule has 0 spiro atoms. The minimum atomic E-state index is -0.301. The second-order valence-electron chi connectivity index (χ2n) is 4.58. The number of carbonyl (C=O) groups excluding carboxylic acids is 1. The van der Waals surface area contributed by atoms with Crippen LogP contribution in [-0.2, 0) is 14.3 Å². The lowest BCUT2D eigenvalue weighted by Gasteiger charge is -2.23. The van der Waals surface area contributed by atoms with Gasteiger partial charge in [0.1, 0.15) is 6.04 Å². The van der Waals surface area contributed by atoms with E-state index in [1.165, 1.54) is 0 Å². The normalized spacial score (nSPS) is 22.4. The zero-order valence-corrected chi connectivity index (χ0v) is 10.5. The van der Waals surface area contributed by atoms with Crippen LogP contribution in [0.3, 0.4) is 0 Å². The van der Waals surface area contributed by atoms with Crippen LogP contribution in [0.1, 0.15) is 33.6 Å². The Bertz CT molecular complexity index is 212. The lowest BCUT2D eigenvalue weighted by atomic mass is 10.1. The van der Waals surface area contributed by atoms with E-state index >= 15 is 0 Å². The van der Waals surface area contributed by atoms with E-state index in [0.717, 1.165) is 26.0 Å². The lowest BCUT2D eigenvalue weighted by molar-refractivity contribution is -0.149. The molecular formula is C12H23NO3. The Labute approximate surface area is 97.7 Å². The topological polar surface area (TPSA) is 47.6 Å². The molecule has 0 aromatic heterocycles. The van der Waals surface area contributed by atoms with Gasteiger partial charge >= 0.3 is 5.97 Å². The minimum absolute atomic E-state index is 0.0159. The summed E-state index contributed by atoms with van der Waals surface area (Å²) >= 11 is 0. The van der Waals surface area contributed by atoms with Crippen molar-refractivity contribution in [1.82, 2.24) is 5.32 Å². The summed E-state index contributed by atoms with van der Waals surface area (Å²) in [5.41, 5.74) is 0. The molecule has 1 aliphatic rings. The predicted molar refractivity (Wildman–Crippen MR) is 62.2 cm³/mol. The van der Waals surface area contributed by atoms with Crippen LogP contribution in [0, 0.1) is 5.92 Å². The molecule has 1 N–H and O–H groups in total. The molecule has 0 saturated carbocycles. The summed E-state index contributed by atoms with van der Waals surface area (Å²) in [5.74, 6) is 0.327. The second kappa shape index (κ2) is 6.86. The van der Waals surface area contributed by atoms with Crippen LogP contribution >= 0.6 is 0 Å². The highest BCUT2D eigenvalue weighted by Crippen LogP contribution is 2.17. The third-order valence-electron chi connectivity index (χ3n) is 2.62. The van der Waals surface area contributed by atoms with Crippen molar-refractivity contribution < 1.29 is 14.3 Å². The number of carbonyl (C=O) groups is 1. The van der Waals surface area contributed by atoms with Gasteiger partial charge in [0.15, 0.2) is 0 Å². The van der Waals surface area contributed by atoms with Crippen LogP contribution < -0.4 is 5.32 Å². The maximum absolute atomic E-state index is 11.8. The average Bonchev–Trinajstić information content (AvgIpc) is 2.71. The molecule has 4 nitrogen and oxygen atoms in total. The highest BCUT2D eigenvalue weighted by atomic mass is 16.5. The van der Waals surface area contributed by atoms with Crippen molar-refractivity contribution in [1.29, 1.82) is 0 Å². The van der Waals surface area contributed by atoms with Gasteiger partial charge in [0, 0.05) is 6.61 Å². The van der Waals surface area contributed by atoms with Gasteiger partial charge in [-0.05, 0) is 32.2 Å². The highest BCUT2D eigenvalue weighted by molar-refractivity contribution is 5.76. The van der Waals surface area contributed by atoms with Gasteiger partial charge in [-0.25, -0.2) is 0 Å². The van der Waals surface area contributed by atoms with Gasteiger partial charge in [-0.15, -0.1) is 0 Å². The first-order valence-electron chi connectivity index (χ1n) is 6.16. The van der Waals surface area contributed by atoms with Gasteiger partial charge in [-0.1, -0.05) is 13.8 Å². The van der Waals surface area contributed by atoms with Crippen molar-refractivity contribution in [2.75, 3.05) is 19.8 Å². The smallest absolute Gasteiger partial charge is 0.325 e. The largest absolute Gasteiger partial charge is 0.465 e. The standard InChI is InChI=1S/C12H23NO3/c1-4-15-12(14)11(13-8-9(2)3)10-6-5-7-16-10/h9-11,13H,4-8H2,1-3H3. The summed E-state index contributed by atoms with van der Waals surface area (Å²) in [5, 5.41) is 3.25. The summed E-state index contributed by atoms with van der Waals surface area (Å²) in [6.45, 7) is 8.04. The first kappa shape index (κ1) is 13.5. The van der Waals surface area contributed by atoms with Crippen LogP contribution in [0.4, 0.5) is 0 Å². The Hall–Kier alpha value is -0.610. The molecule has 0 aromatic rings. The minimum Gasteiger partial charge on any atom is -0.465 e. The Kier molecular flexibility index (Phi) is 5.77. The van der Waals surface area contributed by atoms with E-state index in [2.05, 4.69) is 19.2 Å². The predicted octanol–water partition coefficient (Wildman–Crippen LogP) is 1.34. The quantitative estimate of drug-likeness (QED) is 0.698. The van der Waals surface area contributed by atoms with Crippen LogP contribution in [0.15, 0.2) is 0 Å². The molecule has 1 heterocycles. The van der Waals surface area contributed by atoms with Crippen molar-refractivity contribution in [2.45, 2.75) is 45.8 Å². The molecule has 1 rings (SSSR count). The zero-order valence-electron chi connectivity index (χ0n) is 10.5. The molecule has 1 fully saturated rings. The van der Waals surface area contributed by atoms with Crippen LogP contribution in [0.25, 0.3) is 0 Å². The molecule has 0 aliphatic carbocycles. The van der Waals surface area contributed by atoms with E-state index in [1.807, 2.05) is 6.92 Å². The molecule has 0 aromatic carbocycles. The molecule has 4 heteroatoms. The Morgan fingerprint density at radius 3 is 2.81 bits per heavy atom. The molecule has 2 atom stereocenters. The maximum Gasteiger partial charge on any atom is 0.325 e. The van der Waals surface area contributed by atoms with Gasteiger partial charge < -0.3 is 14.8 Å². The molecule has 94 valence electrons. The van der Waals surface area contributed by atoms with Crippen LogP contribution in [-0.4, -0.2) is 37.9 Å². The van der Waals surface area contributed by atoms with E-state index in [-0.39, 0.29) is 18.1 Å². The number of nitrogens with one attached hydrogen (secondary N) is 1. The summed E-state index contributed by atoms with van der Waals surface area (Å²) in [7, 11) is 0. The van der Waals surface area contributed by atoms with Gasteiger partial charge in [0.25, 0.3) is 0 Å². The van der Waals surface area contributed by atoms with E-state index in [1.54, 1.807) is 0 Å². The number of ether oxygens (including phenoxy) is 2. The molecule has 2 unspecified atom stereocenters. The fourth-order valence-corrected chi connectivity index (χ4v) is 1.83. The van der Waals surface area contributed by atoms with E-state index in [4.69, 9.17) is 9.47 Å². The molecular weight excluding hydrogens is 206 g/mol. The van der Waals surface area contributed by atoms with Crippen molar-refractivity contribution >= 4 is 5.97 Å². The van der Waals surface area contributed by atoms with Crippen molar-refractivity contribution in [3.8, 4) is 0 Å². The summed E-state index contributed by atoms with van der Waals surface area (Å²) in [4.78, 5) is 11.8. The highest BCUT2D eigenvalue weighted by Gasteiger charge is 2.32. The number of hydrogen-bond donors (Lipinski definition) is 1. The molecule has 0 amide bonds. The third kappa shape index (κ3) is 4.10. The fraction of sp³-hybridized carbons (Fsp3) is 0.917. The first-order chi connectivity index (χ1) is 7.65. The maximum atomic E-state index is 11.8. The van der Waals surface area contributed by atoms with Crippen LogP contribution in [0.5, 0.6) is 0 Å². The molecule has 1 saturated heterocycles. The molecule has 0 radical (unpaired) electrons. The third-order valence-corrected chi connectivity index (χ3v) is 2.62. The SMILES string of the molecule is CCOC(=O)C(NCC(C)C)C1CCCO1. The number of rotatable bonds is 6. The Morgan fingerprint density at radius 1 is 1.56 bits per heavy atom. The number of esters is 1. The van der Waals surface area contributed by atoms with E-state index in [9.17, 15) is 4.79 Å². The van der Waals surface area contributed by atoms with Gasteiger partial charge in [0.05, 0.1) is 12.7 Å². The van der Waals surface area contributed by atoms with Crippen molar-refractivity contribution in [2.24, 2.45) is 5.92 Å². The van der Waals surface area contributed by atoms with Crippen LogP contribution in [0.2, 0.25) is 0 Å². The van der Waals surface area contributed by atoms with E-state index in [0.29, 0.717) is 12.5 Å². The van der Waals surface area contributed by atoms with Crippen molar-refractivity contribution in [3.63, 3.8) is 0 Å². The lowest BCUT2D eigenvalue weighted by Crippen LogP contribution is -2.48.